The molecule has 1 saturated heterocycles. The molecule has 0 aromatic heterocycles. The van der Waals surface area contributed by atoms with Gasteiger partial charge >= 0.3 is 5.97 Å². The van der Waals surface area contributed by atoms with E-state index in [1.54, 1.807) is 0 Å². The van der Waals surface area contributed by atoms with Crippen LogP contribution < -0.4 is 5.32 Å². The van der Waals surface area contributed by atoms with E-state index in [4.69, 9.17) is 4.74 Å². The van der Waals surface area contributed by atoms with E-state index in [9.17, 15) is 4.79 Å². The van der Waals surface area contributed by atoms with Crippen molar-refractivity contribution in [2.45, 2.75) is 51.1 Å². The number of piperidine rings is 1. The van der Waals surface area contributed by atoms with Crippen molar-refractivity contribution in [1.82, 2.24) is 10.2 Å². The molecule has 1 aliphatic heterocycles. The number of esters is 1. The second-order valence-corrected chi connectivity index (χ2v) is 5.03. The highest BCUT2D eigenvalue weighted by atomic mass is 16.5. The van der Waals surface area contributed by atoms with Gasteiger partial charge in [0.1, 0.15) is 6.04 Å². The summed E-state index contributed by atoms with van der Waals surface area (Å²) < 4.78 is 5.15. The summed E-state index contributed by atoms with van der Waals surface area (Å²) in [6, 6.07) is 0.755. The highest BCUT2D eigenvalue weighted by Gasteiger charge is 2.29. The van der Waals surface area contributed by atoms with Crippen LogP contribution in [0.4, 0.5) is 0 Å². The molecule has 1 heterocycles. The van der Waals surface area contributed by atoms with E-state index in [0.29, 0.717) is 6.61 Å². The number of carbonyl (C=O) groups is 1. The number of carbonyl (C=O) groups excluding carboxylic acids is 1. The molecule has 1 aliphatic carbocycles. The van der Waals surface area contributed by atoms with Crippen molar-refractivity contribution >= 4 is 5.97 Å². The molecule has 1 atom stereocenters. The van der Waals surface area contributed by atoms with Gasteiger partial charge in [-0.1, -0.05) is 6.42 Å². The molecular weight excluding hydrogens is 216 g/mol. The molecule has 2 rings (SSSR count). The van der Waals surface area contributed by atoms with Crippen LogP contribution >= 0.6 is 0 Å². The molecule has 4 heteroatoms. The lowest BCUT2D eigenvalue weighted by atomic mass is 10.0. The van der Waals surface area contributed by atoms with Crippen molar-refractivity contribution in [3.63, 3.8) is 0 Å². The molecule has 0 aromatic rings. The molecule has 4 nitrogen and oxygen atoms in total. The Balaban J connectivity index is 1.75. The summed E-state index contributed by atoms with van der Waals surface area (Å²) in [7, 11) is 0. The van der Waals surface area contributed by atoms with Crippen LogP contribution in [0.15, 0.2) is 0 Å². The van der Waals surface area contributed by atoms with E-state index in [-0.39, 0.29) is 12.0 Å². The minimum atomic E-state index is -0.0291. The van der Waals surface area contributed by atoms with E-state index in [2.05, 4.69) is 10.2 Å². The molecule has 0 radical (unpaired) electrons. The fourth-order valence-electron chi connectivity index (χ4n) is 2.46. The zero-order valence-corrected chi connectivity index (χ0v) is 10.8. The highest BCUT2D eigenvalue weighted by molar-refractivity contribution is 5.75. The Bertz CT molecular complexity index is 254. The molecule has 1 unspecified atom stereocenters. The molecule has 0 bridgehead atoms. The average molecular weight is 240 g/mol. The van der Waals surface area contributed by atoms with Crippen LogP contribution in [0.5, 0.6) is 0 Å². The number of nitrogens with zero attached hydrogens (tertiary/aromatic N) is 1. The Morgan fingerprint density at radius 1 is 1.35 bits per heavy atom. The summed E-state index contributed by atoms with van der Waals surface area (Å²) in [4.78, 5) is 14.1. The fourth-order valence-corrected chi connectivity index (χ4v) is 2.46. The summed E-state index contributed by atoms with van der Waals surface area (Å²) in [6.45, 7) is 5.37. The van der Waals surface area contributed by atoms with Gasteiger partial charge in [-0.2, -0.15) is 0 Å². The van der Waals surface area contributed by atoms with Gasteiger partial charge in [-0.3, -0.25) is 9.69 Å². The average Bonchev–Trinajstić information content (AvgIpc) is 3.14. The predicted molar refractivity (Wildman–Crippen MR) is 66.9 cm³/mol. The first kappa shape index (κ1) is 12.8. The number of likely N-dealkylation sites (tertiary alicyclic amines) is 1. The zero-order chi connectivity index (χ0) is 12.1. The maximum Gasteiger partial charge on any atom is 0.323 e. The normalized spacial score (nSPS) is 25.8. The summed E-state index contributed by atoms with van der Waals surface area (Å²) in [6.07, 6.45) is 5.96. The molecule has 0 aromatic carbocycles. The molecule has 0 spiro atoms. The third-order valence-electron chi connectivity index (χ3n) is 3.58. The lowest BCUT2D eigenvalue weighted by Gasteiger charge is -2.33. The summed E-state index contributed by atoms with van der Waals surface area (Å²) in [5, 5.41) is 3.50. The second kappa shape index (κ2) is 6.36. The minimum absolute atomic E-state index is 0.00435. The Hall–Kier alpha value is -0.610. The van der Waals surface area contributed by atoms with Crippen LogP contribution in [0, 0.1) is 0 Å². The molecule has 1 N–H and O–H groups in total. The fraction of sp³-hybridized carbons (Fsp3) is 0.923. The van der Waals surface area contributed by atoms with E-state index < -0.39 is 0 Å². The van der Waals surface area contributed by atoms with Crippen LogP contribution in [0.2, 0.25) is 0 Å². The molecule has 0 amide bonds. The number of ether oxygens (including phenoxy) is 1. The number of hydrogen-bond donors (Lipinski definition) is 1. The van der Waals surface area contributed by atoms with Crippen LogP contribution in [0.3, 0.4) is 0 Å². The Morgan fingerprint density at radius 2 is 2.18 bits per heavy atom. The van der Waals surface area contributed by atoms with Gasteiger partial charge in [0.2, 0.25) is 0 Å². The number of rotatable bonds is 6. The predicted octanol–water partition coefficient (Wildman–Crippen LogP) is 1.16. The second-order valence-electron chi connectivity index (χ2n) is 5.03. The van der Waals surface area contributed by atoms with Gasteiger partial charge in [0.25, 0.3) is 0 Å². The van der Waals surface area contributed by atoms with E-state index >= 15 is 0 Å². The van der Waals surface area contributed by atoms with Gasteiger partial charge in [-0.05, 0) is 39.2 Å². The van der Waals surface area contributed by atoms with Gasteiger partial charge in [-0.25, -0.2) is 0 Å². The van der Waals surface area contributed by atoms with E-state index in [1.807, 2.05) is 6.92 Å². The standard InChI is InChI=1S/C13H24N2O2/c1-2-17-13(16)12-5-3-4-9-15(12)10-8-14-11-6-7-11/h11-12,14H,2-10H2,1H3. The Labute approximate surface area is 104 Å². The molecule has 2 fully saturated rings. The summed E-state index contributed by atoms with van der Waals surface area (Å²) >= 11 is 0. The van der Waals surface area contributed by atoms with Crippen LogP contribution in [0.25, 0.3) is 0 Å². The first-order valence-corrected chi connectivity index (χ1v) is 6.95. The maximum atomic E-state index is 11.8. The zero-order valence-electron chi connectivity index (χ0n) is 10.8. The number of nitrogens with one attached hydrogen (secondary N) is 1. The molecule has 1 saturated carbocycles. The molecular formula is C13H24N2O2. The van der Waals surface area contributed by atoms with Crippen molar-refractivity contribution in [2.24, 2.45) is 0 Å². The topological polar surface area (TPSA) is 41.6 Å². The van der Waals surface area contributed by atoms with Gasteiger partial charge in [0.15, 0.2) is 0 Å². The van der Waals surface area contributed by atoms with Crippen LogP contribution in [-0.4, -0.2) is 49.2 Å². The Kier molecular flexibility index (Phi) is 4.80. The lowest BCUT2D eigenvalue weighted by Crippen LogP contribution is -2.48. The SMILES string of the molecule is CCOC(=O)C1CCCCN1CCNC1CC1. The van der Waals surface area contributed by atoms with Crippen molar-refractivity contribution in [3.8, 4) is 0 Å². The van der Waals surface area contributed by atoms with Crippen molar-refractivity contribution in [3.05, 3.63) is 0 Å². The van der Waals surface area contributed by atoms with Gasteiger partial charge < -0.3 is 10.1 Å². The summed E-state index contributed by atoms with van der Waals surface area (Å²) in [5.41, 5.74) is 0. The maximum absolute atomic E-state index is 11.8. The third-order valence-corrected chi connectivity index (χ3v) is 3.58. The van der Waals surface area contributed by atoms with Crippen molar-refractivity contribution < 1.29 is 9.53 Å². The minimum Gasteiger partial charge on any atom is -0.465 e. The monoisotopic (exact) mass is 240 g/mol. The van der Waals surface area contributed by atoms with Crippen LogP contribution in [-0.2, 0) is 9.53 Å². The Morgan fingerprint density at radius 3 is 2.88 bits per heavy atom. The van der Waals surface area contributed by atoms with Crippen molar-refractivity contribution in [2.75, 3.05) is 26.2 Å². The van der Waals surface area contributed by atoms with Gasteiger partial charge in [0, 0.05) is 19.1 Å². The highest BCUT2D eigenvalue weighted by Crippen LogP contribution is 2.20. The molecule has 17 heavy (non-hydrogen) atoms. The molecule has 2 aliphatic rings. The smallest absolute Gasteiger partial charge is 0.323 e. The van der Waals surface area contributed by atoms with Gasteiger partial charge in [0.05, 0.1) is 6.61 Å². The molecule has 98 valence electrons. The first-order valence-electron chi connectivity index (χ1n) is 6.95. The van der Waals surface area contributed by atoms with Gasteiger partial charge in [-0.15, -0.1) is 0 Å². The third kappa shape index (κ3) is 3.96. The first-order chi connectivity index (χ1) is 8.31. The van der Waals surface area contributed by atoms with E-state index in [1.165, 1.54) is 19.3 Å². The summed E-state index contributed by atoms with van der Waals surface area (Å²) in [5.74, 6) is -0.0291. The van der Waals surface area contributed by atoms with E-state index in [0.717, 1.165) is 38.5 Å². The number of hydrogen-bond acceptors (Lipinski definition) is 4. The van der Waals surface area contributed by atoms with Crippen molar-refractivity contribution in [1.29, 1.82) is 0 Å². The lowest BCUT2D eigenvalue weighted by molar-refractivity contribution is -0.150. The quantitative estimate of drug-likeness (QED) is 0.707. The van der Waals surface area contributed by atoms with Crippen LogP contribution in [0.1, 0.15) is 39.0 Å². The largest absolute Gasteiger partial charge is 0.465 e.